The first-order chi connectivity index (χ1) is 12.1. The molecule has 1 N–H and O–H groups in total. The lowest BCUT2D eigenvalue weighted by Crippen LogP contribution is -2.26. The summed E-state index contributed by atoms with van der Waals surface area (Å²) in [6.07, 6.45) is 3.05. The number of rotatable bonds is 5. The van der Waals surface area contributed by atoms with Crippen LogP contribution in [0.2, 0.25) is 5.02 Å². The molecule has 0 aliphatic rings. The molecule has 0 bridgehead atoms. The summed E-state index contributed by atoms with van der Waals surface area (Å²) in [4.78, 5) is 22.5. The number of hydrogen-bond acceptors (Lipinski definition) is 4. The van der Waals surface area contributed by atoms with Gasteiger partial charge in [0.05, 0.1) is 5.56 Å². The van der Waals surface area contributed by atoms with Crippen molar-refractivity contribution in [1.29, 1.82) is 0 Å². The number of nitrogens with zero attached hydrogens (tertiary/aromatic N) is 3. The van der Waals surface area contributed by atoms with Gasteiger partial charge in [-0.3, -0.25) is 4.79 Å². The van der Waals surface area contributed by atoms with Crippen LogP contribution in [0.15, 0.2) is 67.0 Å². The van der Waals surface area contributed by atoms with E-state index >= 15 is 0 Å². The summed E-state index contributed by atoms with van der Waals surface area (Å²) in [5.74, 6) is 0.298. The Bertz CT molecular complexity index is 836. The molecule has 2 aromatic carbocycles. The molecule has 0 aliphatic carbocycles. The average Bonchev–Trinajstić information content (AvgIpc) is 2.64. The molecule has 3 aromatic rings. The summed E-state index contributed by atoms with van der Waals surface area (Å²) < 4.78 is 0. The number of amides is 1. The average molecular weight is 353 g/mol. The first-order valence-electron chi connectivity index (χ1n) is 7.76. The Balaban J connectivity index is 1.64. The fraction of sp³-hybridized carbons (Fsp3) is 0.105. The zero-order chi connectivity index (χ0) is 17.6. The zero-order valence-corrected chi connectivity index (χ0v) is 14.4. The van der Waals surface area contributed by atoms with Crippen LogP contribution in [-0.2, 0) is 6.54 Å². The van der Waals surface area contributed by atoms with Gasteiger partial charge in [0.15, 0.2) is 0 Å². The van der Waals surface area contributed by atoms with E-state index in [1.54, 1.807) is 24.1 Å². The molecule has 0 fully saturated rings. The van der Waals surface area contributed by atoms with Crippen molar-refractivity contribution >= 4 is 29.1 Å². The van der Waals surface area contributed by atoms with Gasteiger partial charge in [0.2, 0.25) is 5.95 Å². The minimum Gasteiger partial charge on any atom is -0.337 e. The van der Waals surface area contributed by atoms with Crippen LogP contribution in [0.25, 0.3) is 0 Å². The summed E-state index contributed by atoms with van der Waals surface area (Å²) in [6, 6.07) is 17.0. The molecule has 1 heterocycles. The fourth-order valence-corrected chi connectivity index (χ4v) is 2.44. The van der Waals surface area contributed by atoms with E-state index in [9.17, 15) is 4.79 Å². The van der Waals surface area contributed by atoms with Crippen molar-refractivity contribution in [2.75, 3.05) is 12.4 Å². The van der Waals surface area contributed by atoms with E-state index in [0.29, 0.717) is 23.1 Å². The highest BCUT2D eigenvalue weighted by Crippen LogP contribution is 2.16. The Hall–Kier alpha value is -2.92. The van der Waals surface area contributed by atoms with Crippen molar-refractivity contribution < 1.29 is 4.79 Å². The van der Waals surface area contributed by atoms with Gasteiger partial charge in [-0.2, -0.15) is 0 Å². The Morgan fingerprint density at radius 3 is 2.32 bits per heavy atom. The quantitative estimate of drug-likeness (QED) is 0.749. The van der Waals surface area contributed by atoms with E-state index in [1.807, 2.05) is 42.5 Å². The SMILES string of the molecule is CN(Cc1ccccc1)C(=O)c1cnc(Nc2ccc(Cl)cc2)nc1. The Kier molecular flexibility index (Phi) is 5.26. The molecule has 0 atom stereocenters. The van der Waals surface area contributed by atoms with Crippen LogP contribution in [-0.4, -0.2) is 27.8 Å². The van der Waals surface area contributed by atoms with E-state index in [-0.39, 0.29) is 5.91 Å². The van der Waals surface area contributed by atoms with Crippen LogP contribution in [0.3, 0.4) is 0 Å². The third-order valence-electron chi connectivity index (χ3n) is 3.61. The first-order valence-corrected chi connectivity index (χ1v) is 8.13. The normalized spacial score (nSPS) is 10.3. The topological polar surface area (TPSA) is 58.1 Å². The number of halogens is 1. The number of hydrogen-bond donors (Lipinski definition) is 1. The predicted octanol–water partition coefficient (Wildman–Crippen LogP) is 4.15. The number of anilines is 2. The second kappa shape index (κ2) is 7.77. The number of benzene rings is 2. The summed E-state index contributed by atoms with van der Waals surface area (Å²) in [5, 5.41) is 3.72. The van der Waals surface area contributed by atoms with Crippen molar-refractivity contribution in [3.05, 3.63) is 83.1 Å². The summed E-state index contributed by atoms with van der Waals surface area (Å²) >= 11 is 5.86. The maximum atomic E-state index is 12.5. The van der Waals surface area contributed by atoms with Crippen LogP contribution >= 0.6 is 11.6 Å². The minimum atomic E-state index is -0.123. The summed E-state index contributed by atoms with van der Waals surface area (Å²) in [7, 11) is 1.76. The van der Waals surface area contributed by atoms with Crippen LogP contribution < -0.4 is 5.32 Å². The van der Waals surface area contributed by atoms with Gasteiger partial charge in [-0.25, -0.2) is 9.97 Å². The van der Waals surface area contributed by atoms with Crippen molar-refractivity contribution in [2.24, 2.45) is 0 Å². The molecule has 3 rings (SSSR count). The highest BCUT2D eigenvalue weighted by atomic mass is 35.5. The van der Waals surface area contributed by atoms with Gasteiger partial charge in [-0.05, 0) is 29.8 Å². The van der Waals surface area contributed by atoms with Crippen molar-refractivity contribution in [1.82, 2.24) is 14.9 Å². The Labute approximate surface area is 151 Å². The third kappa shape index (κ3) is 4.55. The van der Waals surface area contributed by atoms with Gasteiger partial charge in [-0.1, -0.05) is 41.9 Å². The van der Waals surface area contributed by atoms with Crippen LogP contribution in [0.1, 0.15) is 15.9 Å². The van der Waals surface area contributed by atoms with Gasteiger partial charge in [0.1, 0.15) is 0 Å². The first kappa shape index (κ1) is 16.9. The molecule has 126 valence electrons. The summed E-state index contributed by atoms with van der Waals surface area (Å²) in [6.45, 7) is 0.532. The van der Waals surface area contributed by atoms with E-state index in [1.165, 1.54) is 12.4 Å². The molecule has 25 heavy (non-hydrogen) atoms. The number of aromatic nitrogens is 2. The van der Waals surface area contributed by atoms with E-state index in [4.69, 9.17) is 11.6 Å². The number of carbonyl (C=O) groups is 1. The number of carbonyl (C=O) groups excluding carboxylic acids is 1. The molecular weight excluding hydrogens is 336 g/mol. The van der Waals surface area contributed by atoms with Crippen LogP contribution in [0, 0.1) is 0 Å². The lowest BCUT2D eigenvalue weighted by Gasteiger charge is -2.17. The second-order valence-electron chi connectivity index (χ2n) is 5.57. The lowest BCUT2D eigenvalue weighted by atomic mass is 10.2. The monoisotopic (exact) mass is 352 g/mol. The van der Waals surface area contributed by atoms with Crippen LogP contribution in [0.5, 0.6) is 0 Å². The van der Waals surface area contributed by atoms with Crippen molar-refractivity contribution in [3.8, 4) is 0 Å². The molecule has 0 radical (unpaired) electrons. The zero-order valence-electron chi connectivity index (χ0n) is 13.7. The lowest BCUT2D eigenvalue weighted by molar-refractivity contribution is 0.0784. The van der Waals surface area contributed by atoms with Crippen molar-refractivity contribution in [3.63, 3.8) is 0 Å². The molecule has 1 amide bonds. The third-order valence-corrected chi connectivity index (χ3v) is 3.86. The highest BCUT2D eigenvalue weighted by Gasteiger charge is 2.13. The maximum absolute atomic E-state index is 12.5. The molecule has 0 saturated heterocycles. The van der Waals surface area contributed by atoms with E-state index < -0.39 is 0 Å². The smallest absolute Gasteiger partial charge is 0.257 e. The minimum absolute atomic E-state index is 0.123. The van der Waals surface area contributed by atoms with Gasteiger partial charge in [-0.15, -0.1) is 0 Å². The van der Waals surface area contributed by atoms with Gasteiger partial charge < -0.3 is 10.2 Å². The van der Waals surface area contributed by atoms with Crippen molar-refractivity contribution in [2.45, 2.75) is 6.54 Å². The molecule has 5 nitrogen and oxygen atoms in total. The Morgan fingerprint density at radius 2 is 1.68 bits per heavy atom. The molecule has 0 spiro atoms. The van der Waals surface area contributed by atoms with Gasteiger partial charge in [0.25, 0.3) is 5.91 Å². The molecule has 6 heteroatoms. The largest absolute Gasteiger partial charge is 0.337 e. The van der Waals surface area contributed by atoms with Gasteiger partial charge >= 0.3 is 0 Å². The Morgan fingerprint density at radius 1 is 1.04 bits per heavy atom. The van der Waals surface area contributed by atoms with Gasteiger partial charge in [0, 0.05) is 36.7 Å². The molecular formula is C19H17ClN4O. The standard InChI is InChI=1S/C19H17ClN4O/c1-24(13-14-5-3-2-4-6-14)18(25)15-11-21-19(22-12-15)23-17-9-7-16(20)8-10-17/h2-12H,13H2,1H3,(H,21,22,23). The second-order valence-corrected chi connectivity index (χ2v) is 6.01. The molecule has 0 saturated carbocycles. The molecule has 1 aromatic heterocycles. The predicted molar refractivity (Wildman–Crippen MR) is 99.0 cm³/mol. The highest BCUT2D eigenvalue weighted by molar-refractivity contribution is 6.30. The number of nitrogens with one attached hydrogen (secondary N) is 1. The van der Waals surface area contributed by atoms with E-state index in [0.717, 1.165) is 11.3 Å². The fourth-order valence-electron chi connectivity index (χ4n) is 2.31. The summed E-state index contributed by atoms with van der Waals surface area (Å²) in [5.41, 5.74) is 2.34. The molecule has 0 aliphatic heterocycles. The molecule has 0 unspecified atom stereocenters. The maximum Gasteiger partial charge on any atom is 0.257 e. The van der Waals surface area contributed by atoms with Crippen LogP contribution in [0.4, 0.5) is 11.6 Å². The van der Waals surface area contributed by atoms with E-state index in [2.05, 4.69) is 15.3 Å².